The van der Waals surface area contributed by atoms with Crippen molar-refractivity contribution in [3.63, 3.8) is 0 Å². The van der Waals surface area contributed by atoms with Crippen LogP contribution < -0.4 is 0 Å². The summed E-state index contributed by atoms with van der Waals surface area (Å²) < 4.78 is 0. The van der Waals surface area contributed by atoms with E-state index in [4.69, 9.17) is 0 Å². The molecule has 0 radical (unpaired) electrons. The van der Waals surface area contributed by atoms with Crippen LogP contribution >= 0.6 is 0 Å². The van der Waals surface area contributed by atoms with Gasteiger partial charge in [-0.1, -0.05) is 0 Å². The maximum absolute atomic E-state index is 0. The summed E-state index contributed by atoms with van der Waals surface area (Å²) in [5, 5.41) is 0. The van der Waals surface area contributed by atoms with E-state index in [1.807, 2.05) is 0 Å². The summed E-state index contributed by atoms with van der Waals surface area (Å²) >= 11 is 0. The molecule has 0 aliphatic heterocycles. The normalized spacial score (nSPS) is 0. The molecule has 0 amide bonds. The third-order valence-corrected chi connectivity index (χ3v) is 0. The van der Waals surface area contributed by atoms with Crippen molar-refractivity contribution >= 4 is 0 Å². The minimum Gasteiger partial charge on any atom is 0 e. The fourth-order valence-corrected chi connectivity index (χ4v) is 0. The third-order valence-electron chi connectivity index (χ3n) is 0. The third kappa shape index (κ3) is 9.08. The van der Waals surface area contributed by atoms with Crippen LogP contribution in [0.2, 0.25) is 0 Å². The standard InChI is InChI=1S/Ce.Ni.Ti.Zr. The van der Waals surface area contributed by atoms with Crippen molar-refractivity contribution in [3.05, 3.63) is 0 Å². The molecule has 0 rings (SSSR count). The van der Waals surface area contributed by atoms with Crippen molar-refractivity contribution in [1.82, 2.24) is 0 Å². The van der Waals surface area contributed by atoms with Crippen molar-refractivity contribution < 1.29 is 106 Å². The molecule has 0 spiro atoms. The van der Waals surface area contributed by atoms with Crippen LogP contribution in [0.5, 0.6) is 0 Å². The molecule has 4 heavy (non-hydrogen) atoms. The van der Waals surface area contributed by atoms with Gasteiger partial charge in [-0.3, -0.25) is 0 Å². The van der Waals surface area contributed by atoms with Gasteiger partial charge in [0.05, 0.1) is 0 Å². The molecule has 0 aliphatic rings. The molecule has 4 heteroatoms. The first-order valence-electron chi connectivity index (χ1n) is 0. The number of rotatable bonds is 0. The van der Waals surface area contributed by atoms with E-state index in [-0.39, 0.29) is 106 Å². The van der Waals surface area contributed by atoms with E-state index >= 15 is 0 Å². The zero-order valence-electron chi connectivity index (χ0n) is 1.82. The molecule has 0 unspecified atom stereocenters. The average molecular weight is 338 g/mol. The smallest absolute Gasteiger partial charge is 0 e. The molecule has 0 N–H and O–H groups in total. The van der Waals surface area contributed by atoms with Crippen molar-refractivity contribution in [2.45, 2.75) is 0 Å². The predicted octanol–water partition coefficient (Wildman–Crippen LogP) is -0.00750. The van der Waals surface area contributed by atoms with Crippen LogP contribution in [0.25, 0.3) is 0 Å². The van der Waals surface area contributed by atoms with Gasteiger partial charge in [-0.15, -0.1) is 0 Å². The molecule has 0 aliphatic carbocycles. The van der Waals surface area contributed by atoms with Crippen LogP contribution in [0.1, 0.15) is 0 Å². The van der Waals surface area contributed by atoms with Gasteiger partial charge in [-0.05, 0) is 0 Å². The Labute approximate surface area is 104 Å². The van der Waals surface area contributed by atoms with E-state index in [1.54, 1.807) is 0 Å². The van der Waals surface area contributed by atoms with Crippen LogP contribution in [0.4, 0.5) is 0 Å². The van der Waals surface area contributed by atoms with Gasteiger partial charge >= 0.3 is 0 Å². The Balaban J connectivity index is 0. The first-order chi connectivity index (χ1) is 0. The molecule has 0 bridgehead atoms. The molecule has 0 fully saturated rings. The summed E-state index contributed by atoms with van der Waals surface area (Å²) in [6.45, 7) is 0. The molecule has 0 atom stereocenters. The maximum Gasteiger partial charge on any atom is 0 e. The fourth-order valence-electron chi connectivity index (χ4n) is 0. The molecule has 22 valence electrons. The maximum atomic E-state index is 0. The van der Waals surface area contributed by atoms with Crippen molar-refractivity contribution in [2.75, 3.05) is 0 Å². The molecule has 0 aromatic carbocycles. The molecule has 0 heterocycles. The van der Waals surface area contributed by atoms with E-state index in [9.17, 15) is 0 Å². The molecule has 0 nitrogen and oxygen atoms in total. The van der Waals surface area contributed by atoms with Gasteiger partial charge in [0.25, 0.3) is 0 Å². The van der Waals surface area contributed by atoms with Crippen LogP contribution in [-0.2, 0) is 64.4 Å². The second kappa shape index (κ2) is 16.1. The fraction of sp³-hybridized carbons (Fsp3) is 0. The molecule has 0 aromatic rings. The Hall–Kier alpha value is 3.47. The summed E-state index contributed by atoms with van der Waals surface area (Å²) in [6.07, 6.45) is 0. The Morgan fingerprint density at radius 1 is 1.00 bits per heavy atom. The molecule has 0 aromatic heterocycles. The molecular weight excluding hydrogens is 338 g/mol. The Kier molecular flexibility index (Phi) is 104. The van der Waals surface area contributed by atoms with E-state index in [0.29, 0.717) is 0 Å². The topological polar surface area (TPSA) is 0 Å². The van der Waals surface area contributed by atoms with Crippen molar-refractivity contribution in [2.24, 2.45) is 0 Å². The quantitative estimate of drug-likeness (QED) is 0.546. The zero-order valence-corrected chi connectivity index (χ0v) is 9.96. The van der Waals surface area contributed by atoms with Gasteiger partial charge in [-0.25, -0.2) is 0 Å². The van der Waals surface area contributed by atoms with Gasteiger partial charge in [0.15, 0.2) is 0 Å². The van der Waals surface area contributed by atoms with Crippen LogP contribution in [0.3, 0.4) is 0 Å². The monoisotopic (exact) mass is 336 g/mol. The van der Waals surface area contributed by atoms with Gasteiger partial charge in [0, 0.05) is 106 Å². The zero-order chi connectivity index (χ0) is 0. The van der Waals surface area contributed by atoms with E-state index < -0.39 is 0 Å². The second-order valence-corrected chi connectivity index (χ2v) is 0. The van der Waals surface area contributed by atoms with Crippen LogP contribution in [0, 0.1) is 41.7 Å². The largest absolute Gasteiger partial charge is 0 e. The summed E-state index contributed by atoms with van der Waals surface area (Å²) in [4.78, 5) is 0. The van der Waals surface area contributed by atoms with Gasteiger partial charge in [0.2, 0.25) is 0 Å². The van der Waals surface area contributed by atoms with Crippen LogP contribution in [-0.4, -0.2) is 0 Å². The van der Waals surface area contributed by atoms with Crippen LogP contribution in [0.15, 0.2) is 0 Å². The first-order valence-corrected chi connectivity index (χ1v) is 0. The molecular formula is CeNiTiZr. The number of hydrogen-bond acceptors (Lipinski definition) is 0. The van der Waals surface area contributed by atoms with Gasteiger partial charge in [-0.2, -0.15) is 0 Å². The second-order valence-electron chi connectivity index (χ2n) is 0. The van der Waals surface area contributed by atoms with Crippen molar-refractivity contribution in [3.8, 4) is 0 Å². The van der Waals surface area contributed by atoms with Gasteiger partial charge in [0.1, 0.15) is 0 Å². The molecule has 0 saturated carbocycles. The summed E-state index contributed by atoms with van der Waals surface area (Å²) in [5.74, 6) is 0. The Morgan fingerprint density at radius 3 is 1.00 bits per heavy atom. The summed E-state index contributed by atoms with van der Waals surface area (Å²) in [5.41, 5.74) is 0. The molecule has 0 saturated heterocycles. The first kappa shape index (κ1) is 26.0. The van der Waals surface area contributed by atoms with E-state index in [0.717, 1.165) is 0 Å². The SMILES string of the molecule is [Ce].[Ni].[Ti].[Zr]. The Bertz CT molecular complexity index is 8.00. The van der Waals surface area contributed by atoms with E-state index in [1.165, 1.54) is 0 Å². The van der Waals surface area contributed by atoms with Gasteiger partial charge < -0.3 is 0 Å². The Morgan fingerprint density at radius 2 is 1.00 bits per heavy atom. The minimum atomic E-state index is 0. The summed E-state index contributed by atoms with van der Waals surface area (Å²) in [6, 6.07) is 0. The average Bonchev–Trinajstić information content (AvgIpc) is 0. The predicted molar refractivity (Wildman–Crippen MR) is 0 cm³/mol. The number of hydrogen-bond donors (Lipinski definition) is 0. The summed E-state index contributed by atoms with van der Waals surface area (Å²) in [7, 11) is 0. The van der Waals surface area contributed by atoms with Crippen molar-refractivity contribution in [1.29, 1.82) is 0 Å². The minimum absolute atomic E-state index is 0. The van der Waals surface area contributed by atoms with E-state index in [2.05, 4.69) is 0 Å².